The minimum atomic E-state index is 0.112. The van der Waals surface area contributed by atoms with Gasteiger partial charge in [0.15, 0.2) is 5.78 Å². The Morgan fingerprint density at radius 3 is 2.50 bits per heavy atom. The van der Waals surface area contributed by atoms with Gasteiger partial charge in [-0.05, 0) is 31.0 Å². The van der Waals surface area contributed by atoms with Crippen molar-refractivity contribution < 1.29 is 4.79 Å². The first kappa shape index (κ1) is 12.8. The number of carbonyl (C=O) groups excluding carboxylic acids is 1. The van der Waals surface area contributed by atoms with Crippen LogP contribution in [0.25, 0.3) is 0 Å². The predicted octanol–water partition coefficient (Wildman–Crippen LogP) is 4.38. The van der Waals surface area contributed by atoms with Gasteiger partial charge in [0.2, 0.25) is 0 Å². The van der Waals surface area contributed by atoms with Gasteiger partial charge >= 0.3 is 0 Å². The first-order valence-electron chi connectivity index (χ1n) is 5.92. The van der Waals surface area contributed by atoms with Crippen LogP contribution < -0.4 is 0 Å². The molecule has 0 saturated heterocycles. The number of hydrogen-bond acceptors (Lipinski definition) is 1. The largest absolute Gasteiger partial charge is 0.294 e. The van der Waals surface area contributed by atoms with E-state index in [1.54, 1.807) is 0 Å². The third kappa shape index (κ3) is 2.80. The molecule has 0 amide bonds. The summed E-state index contributed by atoms with van der Waals surface area (Å²) in [7, 11) is 0. The van der Waals surface area contributed by atoms with E-state index in [9.17, 15) is 4.79 Å². The van der Waals surface area contributed by atoms with E-state index in [-0.39, 0.29) is 5.78 Å². The van der Waals surface area contributed by atoms with Gasteiger partial charge in [-0.25, -0.2) is 0 Å². The molecule has 0 N–H and O–H groups in total. The van der Waals surface area contributed by atoms with Crippen molar-refractivity contribution in [3.05, 3.63) is 69.7 Å². The van der Waals surface area contributed by atoms with E-state index in [4.69, 9.17) is 11.6 Å². The highest BCUT2D eigenvalue weighted by molar-refractivity contribution is 6.31. The summed E-state index contributed by atoms with van der Waals surface area (Å²) < 4.78 is 0. The molecule has 1 nitrogen and oxygen atoms in total. The van der Waals surface area contributed by atoms with Gasteiger partial charge in [0.05, 0.1) is 0 Å². The van der Waals surface area contributed by atoms with Crippen LogP contribution in [-0.2, 0) is 6.42 Å². The summed E-state index contributed by atoms with van der Waals surface area (Å²) in [5.74, 6) is 0.112. The van der Waals surface area contributed by atoms with Crippen LogP contribution in [0.15, 0.2) is 42.5 Å². The van der Waals surface area contributed by atoms with Crippen molar-refractivity contribution >= 4 is 17.4 Å². The molecule has 0 aliphatic rings. The lowest BCUT2D eigenvalue weighted by Crippen LogP contribution is -2.06. The lowest BCUT2D eigenvalue weighted by molar-refractivity contribution is 0.0992. The van der Waals surface area contributed by atoms with Crippen LogP contribution in [0.3, 0.4) is 0 Å². The number of benzene rings is 2. The third-order valence-electron chi connectivity index (χ3n) is 2.99. The SMILES string of the molecule is Cc1ccc(C(=O)Cc2ccccc2Cl)c(C)c1. The Morgan fingerprint density at radius 2 is 1.83 bits per heavy atom. The molecule has 0 fully saturated rings. The smallest absolute Gasteiger partial charge is 0.167 e. The summed E-state index contributed by atoms with van der Waals surface area (Å²) in [5, 5.41) is 0.649. The molecule has 0 bridgehead atoms. The van der Waals surface area contributed by atoms with Gasteiger partial charge in [-0.1, -0.05) is 53.6 Å². The molecular formula is C16H15ClO. The summed E-state index contributed by atoms with van der Waals surface area (Å²) in [6, 6.07) is 13.4. The number of Topliss-reactive ketones (excluding diaryl/α,β-unsaturated/α-hetero) is 1. The zero-order valence-electron chi connectivity index (χ0n) is 10.5. The summed E-state index contributed by atoms with van der Waals surface area (Å²) in [6.07, 6.45) is 0.351. The van der Waals surface area contributed by atoms with Crippen molar-refractivity contribution in [2.24, 2.45) is 0 Å². The Labute approximate surface area is 112 Å². The standard InChI is InChI=1S/C16H15ClO/c1-11-7-8-14(12(2)9-11)16(18)10-13-5-3-4-6-15(13)17/h3-9H,10H2,1-2H3. The van der Waals surface area contributed by atoms with E-state index < -0.39 is 0 Å². The van der Waals surface area contributed by atoms with Gasteiger partial charge in [0.25, 0.3) is 0 Å². The van der Waals surface area contributed by atoms with Crippen molar-refractivity contribution in [1.29, 1.82) is 0 Å². The maximum Gasteiger partial charge on any atom is 0.167 e. The second kappa shape index (κ2) is 5.36. The Balaban J connectivity index is 2.25. The molecule has 0 aromatic heterocycles. The van der Waals surface area contributed by atoms with E-state index in [0.717, 1.165) is 16.7 Å². The maximum absolute atomic E-state index is 12.2. The summed E-state index contributed by atoms with van der Waals surface area (Å²) in [6.45, 7) is 3.99. The highest BCUT2D eigenvalue weighted by Gasteiger charge is 2.11. The van der Waals surface area contributed by atoms with Crippen LogP contribution in [0, 0.1) is 13.8 Å². The second-order valence-electron chi connectivity index (χ2n) is 4.51. The van der Waals surface area contributed by atoms with Crippen LogP contribution in [-0.4, -0.2) is 5.78 Å². The number of ketones is 1. The number of hydrogen-bond donors (Lipinski definition) is 0. The van der Waals surface area contributed by atoms with E-state index in [1.165, 1.54) is 5.56 Å². The average molecular weight is 259 g/mol. The molecule has 2 rings (SSSR count). The highest BCUT2D eigenvalue weighted by atomic mass is 35.5. The fourth-order valence-corrected chi connectivity index (χ4v) is 2.24. The Kier molecular flexibility index (Phi) is 3.83. The minimum absolute atomic E-state index is 0.112. The minimum Gasteiger partial charge on any atom is -0.294 e. The monoisotopic (exact) mass is 258 g/mol. The van der Waals surface area contributed by atoms with Crippen molar-refractivity contribution in [3.63, 3.8) is 0 Å². The third-order valence-corrected chi connectivity index (χ3v) is 3.36. The molecule has 2 heteroatoms. The van der Waals surface area contributed by atoms with Crippen molar-refractivity contribution in [3.8, 4) is 0 Å². The van der Waals surface area contributed by atoms with Crippen LogP contribution in [0.5, 0.6) is 0 Å². The van der Waals surface area contributed by atoms with Crippen molar-refractivity contribution in [2.75, 3.05) is 0 Å². The molecule has 0 saturated carbocycles. The predicted molar refractivity (Wildman–Crippen MR) is 75.4 cm³/mol. The topological polar surface area (TPSA) is 17.1 Å². The number of halogens is 1. The highest BCUT2D eigenvalue weighted by Crippen LogP contribution is 2.19. The molecule has 92 valence electrons. The van der Waals surface area contributed by atoms with E-state index in [0.29, 0.717) is 11.4 Å². The van der Waals surface area contributed by atoms with Crippen LogP contribution in [0.1, 0.15) is 27.0 Å². The van der Waals surface area contributed by atoms with Gasteiger partial charge in [0.1, 0.15) is 0 Å². The molecule has 0 atom stereocenters. The second-order valence-corrected chi connectivity index (χ2v) is 4.92. The lowest BCUT2D eigenvalue weighted by atomic mass is 9.98. The van der Waals surface area contributed by atoms with Crippen LogP contribution >= 0.6 is 11.6 Å². The average Bonchev–Trinajstić information content (AvgIpc) is 2.32. The summed E-state index contributed by atoms with van der Waals surface area (Å²) >= 11 is 6.07. The normalized spacial score (nSPS) is 10.4. The summed E-state index contributed by atoms with van der Waals surface area (Å²) in [5.41, 5.74) is 3.85. The fraction of sp³-hybridized carbons (Fsp3) is 0.188. The molecule has 18 heavy (non-hydrogen) atoms. The number of aryl methyl sites for hydroxylation is 2. The molecule has 2 aromatic carbocycles. The Bertz CT molecular complexity index is 587. The van der Waals surface area contributed by atoms with Crippen LogP contribution in [0.2, 0.25) is 5.02 Å². The fourth-order valence-electron chi connectivity index (χ4n) is 2.04. The first-order chi connectivity index (χ1) is 8.58. The van der Waals surface area contributed by atoms with Gasteiger partial charge in [0, 0.05) is 17.0 Å². The quantitative estimate of drug-likeness (QED) is 0.747. The molecule has 0 aliphatic heterocycles. The van der Waals surface area contributed by atoms with Gasteiger partial charge in [-0.2, -0.15) is 0 Å². The number of carbonyl (C=O) groups is 1. The first-order valence-corrected chi connectivity index (χ1v) is 6.29. The van der Waals surface area contributed by atoms with Gasteiger partial charge in [-0.15, -0.1) is 0 Å². The number of rotatable bonds is 3. The lowest BCUT2D eigenvalue weighted by Gasteiger charge is -2.07. The zero-order valence-corrected chi connectivity index (χ0v) is 11.3. The van der Waals surface area contributed by atoms with E-state index in [2.05, 4.69) is 0 Å². The van der Waals surface area contributed by atoms with E-state index in [1.807, 2.05) is 56.3 Å². The van der Waals surface area contributed by atoms with Crippen LogP contribution in [0.4, 0.5) is 0 Å². The van der Waals surface area contributed by atoms with E-state index >= 15 is 0 Å². The molecule has 0 heterocycles. The molecule has 2 aromatic rings. The van der Waals surface area contributed by atoms with Crippen molar-refractivity contribution in [1.82, 2.24) is 0 Å². The van der Waals surface area contributed by atoms with Gasteiger partial charge in [-0.3, -0.25) is 4.79 Å². The Morgan fingerprint density at radius 1 is 1.11 bits per heavy atom. The molecule has 0 spiro atoms. The summed E-state index contributed by atoms with van der Waals surface area (Å²) in [4.78, 5) is 12.2. The molecule has 0 unspecified atom stereocenters. The zero-order chi connectivity index (χ0) is 13.1. The molecule has 0 aliphatic carbocycles. The van der Waals surface area contributed by atoms with Gasteiger partial charge < -0.3 is 0 Å². The maximum atomic E-state index is 12.2. The molecule has 0 radical (unpaired) electrons. The van der Waals surface area contributed by atoms with Crippen molar-refractivity contribution in [2.45, 2.75) is 20.3 Å². The Hall–Kier alpha value is -1.60. The molecular weight excluding hydrogens is 244 g/mol.